The molecule has 0 spiro atoms. The van der Waals surface area contributed by atoms with Crippen LogP contribution in [0.15, 0.2) is 24.3 Å². The quantitative estimate of drug-likeness (QED) is 0.666. The van der Waals surface area contributed by atoms with Crippen LogP contribution < -0.4 is 11.0 Å². The van der Waals surface area contributed by atoms with E-state index in [1.165, 1.54) is 19.1 Å². The molecule has 0 aliphatic heterocycles. The predicted molar refractivity (Wildman–Crippen MR) is 58.6 cm³/mol. The van der Waals surface area contributed by atoms with Gasteiger partial charge in [0.2, 0.25) is 11.8 Å². The number of nitrogens with one attached hydrogen (secondary N) is 1. The number of amides is 2. The van der Waals surface area contributed by atoms with E-state index in [-0.39, 0.29) is 18.1 Å². The van der Waals surface area contributed by atoms with Crippen molar-refractivity contribution in [1.82, 2.24) is 5.32 Å². The number of benzene rings is 1. The third kappa shape index (κ3) is 3.61. The number of carbonyl (C=O) groups excluding carboxylic acids is 2. The molecule has 0 heterocycles. The van der Waals surface area contributed by atoms with Crippen LogP contribution in [0.5, 0.6) is 5.75 Å². The normalized spacial score (nSPS) is 12.4. The summed E-state index contributed by atoms with van der Waals surface area (Å²) < 4.78 is 6.79. The van der Waals surface area contributed by atoms with Crippen LogP contribution in [-0.2, 0) is 16.0 Å². The molecule has 1 aromatic rings. The standard InChI is InChI=1S/C11H14N2O3/c1-7(14)13-10(11(12)16)6-8-2-4-9(15)5-3-8/h2-5,10,15H,6H2,1H3,(H2,12,16)(H,13,14)/i/hD. The number of nitrogens with two attached hydrogens (primary N) is 1. The lowest BCUT2D eigenvalue weighted by Crippen LogP contribution is -2.44. The average Bonchev–Trinajstić information content (AvgIpc) is 2.29. The molecule has 0 fully saturated rings. The number of phenols is 1. The Morgan fingerprint density at radius 2 is 2.12 bits per heavy atom. The Morgan fingerprint density at radius 3 is 2.62 bits per heavy atom. The lowest BCUT2D eigenvalue weighted by atomic mass is 10.1. The van der Waals surface area contributed by atoms with Crippen molar-refractivity contribution >= 4 is 11.8 Å². The number of phenolic OH excluding ortho intramolecular Hbond substituents is 1. The maximum Gasteiger partial charge on any atom is 0.240 e. The molecule has 86 valence electrons. The van der Waals surface area contributed by atoms with Crippen LogP contribution in [0.25, 0.3) is 0 Å². The van der Waals surface area contributed by atoms with Crippen molar-refractivity contribution in [3.63, 3.8) is 0 Å². The van der Waals surface area contributed by atoms with Crippen molar-refractivity contribution in [2.45, 2.75) is 19.4 Å². The van der Waals surface area contributed by atoms with E-state index in [1.807, 2.05) is 0 Å². The Labute approximate surface area is 94.7 Å². The van der Waals surface area contributed by atoms with E-state index >= 15 is 0 Å². The van der Waals surface area contributed by atoms with Crippen LogP contribution in [-0.4, -0.2) is 23.0 Å². The Bertz CT molecular complexity index is 406. The summed E-state index contributed by atoms with van der Waals surface area (Å²) in [6.07, 6.45) is 0.268. The first kappa shape index (κ1) is 10.5. The maximum absolute atomic E-state index is 11.4. The lowest BCUT2D eigenvalue weighted by Gasteiger charge is -2.14. The summed E-state index contributed by atoms with van der Waals surface area (Å²) in [6.45, 7) is 1.31. The molecule has 5 nitrogen and oxygen atoms in total. The van der Waals surface area contributed by atoms with Gasteiger partial charge in [0.25, 0.3) is 0 Å². The first-order chi connectivity index (χ1) is 8.02. The number of hydrogen-bond donors (Lipinski definition) is 3. The molecule has 0 bridgehead atoms. The van der Waals surface area contributed by atoms with E-state index in [0.29, 0.717) is 0 Å². The Morgan fingerprint density at radius 1 is 1.50 bits per heavy atom. The average molecular weight is 223 g/mol. The number of primary amides is 1. The number of rotatable bonds is 4. The Balaban J connectivity index is 2.75. The van der Waals surface area contributed by atoms with E-state index < -0.39 is 11.9 Å². The molecule has 1 atom stereocenters. The van der Waals surface area contributed by atoms with Gasteiger partial charge in [0.15, 0.2) is 1.41 Å². The molecule has 5 heteroatoms. The lowest BCUT2D eigenvalue weighted by molar-refractivity contribution is -0.126. The zero-order valence-electron chi connectivity index (χ0n) is 9.86. The van der Waals surface area contributed by atoms with Crippen molar-refractivity contribution in [2.24, 2.45) is 5.73 Å². The van der Waals surface area contributed by atoms with Gasteiger partial charge >= 0.3 is 0 Å². The zero-order valence-corrected chi connectivity index (χ0v) is 8.86. The second-order valence-electron chi connectivity index (χ2n) is 3.49. The molecule has 1 aromatic carbocycles. The number of carbonyl (C=O) groups is 2. The molecular formula is C11H14N2O3. The summed E-state index contributed by atoms with van der Waals surface area (Å²) >= 11 is 0. The van der Waals surface area contributed by atoms with Gasteiger partial charge in [-0.25, -0.2) is 0 Å². The predicted octanol–water partition coefficient (Wildman–Crippen LogP) is -0.0753. The molecule has 1 rings (SSSR count). The molecule has 0 aliphatic carbocycles. The van der Waals surface area contributed by atoms with Gasteiger partial charge in [0.05, 0.1) is 0 Å². The molecule has 0 saturated heterocycles. The van der Waals surface area contributed by atoms with Gasteiger partial charge in [-0.3, -0.25) is 9.59 Å². The number of aromatic hydroxyl groups is 1. The van der Waals surface area contributed by atoms with Crippen LogP contribution in [0.2, 0.25) is 1.41 Å². The second-order valence-corrected chi connectivity index (χ2v) is 3.49. The third-order valence-electron chi connectivity index (χ3n) is 2.07. The fraction of sp³-hybridized carbons (Fsp3) is 0.273. The zero-order chi connectivity index (χ0) is 12.8. The topological polar surface area (TPSA) is 92.4 Å². The van der Waals surface area contributed by atoms with Gasteiger partial charge in [-0.05, 0) is 17.7 Å². The maximum atomic E-state index is 11.4. The van der Waals surface area contributed by atoms with Crippen molar-refractivity contribution in [1.29, 1.82) is 0 Å². The van der Waals surface area contributed by atoms with E-state index in [4.69, 9.17) is 6.52 Å². The summed E-state index contributed by atoms with van der Waals surface area (Å²) in [7, 11) is 0. The van der Waals surface area contributed by atoms with Gasteiger partial charge < -0.3 is 16.2 Å². The van der Waals surface area contributed by atoms with Crippen LogP contribution in [0, 0.1) is 0 Å². The van der Waals surface area contributed by atoms with E-state index in [9.17, 15) is 9.59 Å². The second kappa shape index (κ2) is 5.16. The molecule has 0 radical (unpaired) electrons. The van der Waals surface area contributed by atoms with E-state index in [0.717, 1.165) is 5.56 Å². The van der Waals surface area contributed by atoms with E-state index in [1.54, 1.807) is 17.9 Å². The monoisotopic (exact) mass is 223 g/mol. The highest BCUT2D eigenvalue weighted by molar-refractivity contribution is 5.85. The highest BCUT2D eigenvalue weighted by Crippen LogP contribution is 2.11. The van der Waals surface area contributed by atoms with Crippen molar-refractivity contribution in [3.8, 4) is 5.75 Å². The van der Waals surface area contributed by atoms with Crippen molar-refractivity contribution in [3.05, 3.63) is 29.8 Å². The van der Waals surface area contributed by atoms with Crippen LogP contribution in [0.1, 0.15) is 12.5 Å². The van der Waals surface area contributed by atoms with Crippen LogP contribution in [0.4, 0.5) is 0 Å². The summed E-state index contributed by atoms with van der Waals surface area (Å²) in [5.74, 6) is -0.777. The van der Waals surface area contributed by atoms with Gasteiger partial charge in [-0.1, -0.05) is 12.1 Å². The number of hydrogen-bond acceptors (Lipinski definition) is 3. The summed E-state index contributed by atoms with van der Waals surface area (Å²) in [4.78, 5) is 22.3. The SMILES string of the molecule is [2H]NC(=O)C(Cc1ccc(O)cc1)NC(C)=O. The molecule has 2 amide bonds. The smallest absolute Gasteiger partial charge is 0.240 e. The minimum absolute atomic E-state index is 0.134. The fourth-order valence-electron chi connectivity index (χ4n) is 1.32. The van der Waals surface area contributed by atoms with Gasteiger partial charge in [0.1, 0.15) is 11.8 Å². The third-order valence-corrected chi connectivity index (χ3v) is 2.07. The molecule has 0 aromatic heterocycles. The molecule has 1 unspecified atom stereocenters. The largest absolute Gasteiger partial charge is 0.508 e. The van der Waals surface area contributed by atoms with Gasteiger partial charge in [0, 0.05) is 13.3 Å². The fourth-order valence-corrected chi connectivity index (χ4v) is 1.32. The summed E-state index contributed by atoms with van der Waals surface area (Å²) in [5, 5.41) is 11.6. The first-order valence-electron chi connectivity index (χ1n) is 5.29. The highest BCUT2D eigenvalue weighted by atomic mass is 16.3. The van der Waals surface area contributed by atoms with Crippen LogP contribution >= 0.6 is 0 Å². The molecule has 16 heavy (non-hydrogen) atoms. The first-order valence-corrected chi connectivity index (χ1v) is 4.79. The molecule has 0 saturated carbocycles. The van der Waals surface area contributed by atoms with Crippen molar-refractivity contribution < 1.29 is 16.1 Å². The minimum atomic E-state index is -0.783. The summed E-state index contributed by atoms with van der Waals surface area (Å²) in [5.41, 5.74) is 2.53. The Kier molecular flexibility index (Phi) is 3.38. The molecule has 4 N–H and O–H groups in total. The van der Waals surface area contributed by atoms with Crippen LogP contribution in [0.3, 0.4) is 0 Å². The summed E-state index contributed by atoms with van der Waals surface area (Å²) in [6, 6.07) is 5.52. The van der Waals surface area contributed by atoms with E-state index in [2.05, 4.69) is 5.32 Å². The molecule has 0 aliphatic rings. The molecular weight excluding hydrogens is 208 g/mol. The van der Waals surface area contributed by atoms with Crippen molar-refractivity contribution in [2.75, 3.05) is 0 Å². The minimum Gasteiger partial charge on any atom is -0.508 e. The van der Waals surface area contributed by atoms with Gasteiger partial charge in [-0.15, -0.1) is 0 Å². The highest BCUT2D eigenvalue weighted by Gasteiger charge is 2.16. The van der Waals surface area contributed by atoms with Gasteiger partial charge in [-0.2, -0.15) is 0 Å². The Hall–Kier alpha value is -2.04.